The molecule has 0 radical (unpaired) electrons. The van der Waals surface area contributed by atoms with Crippen molar-refractivity contribution in [2.45, 2.75) is 18.6 Å². The predicted molar refractivity (Wildman–Crippen MR) is 144 cm³/mol. The molecule has 0 spiro atoms. The highest BCUT2D eigenvalue weighted by atomic mass is 19.4. The number of aliphatic imine (C=N–C) groups is 1. The van der Waals surface area contributed by atoms with Crippen LogP contribution in [0.5, 0.6) is 5.75 Å². The Labute approximate surface area is 233 Å². The summed E-state index contributed by atoms with van der Waals surface area (Å²) in [5, 5.41) is 19.3. The van der Waals surface area contributed by atoms with Crippen molar-refractivity contribution < 1.29 is 32.2 Å². The van der Waals surface area contributed by atoms with Gasteiger partial charge in [-0.05, 0) is 54.6 Å². The van der Waals surface area contributed by atoms with E-state index in [1.807, 2.05) is 15.9 Å². The Balaban J connectivity index is 1.62. The Morgan fingerprint density at radius 3 is 2.34 bits per heavy atom. The minimum Gasteiger partial charge on any atom is -0.495 e. The van der Waals surface area contributed by atoms with Gasteiger partial charge in [-0.25, -0.2) is 9.38 Å². The molecule has 8 nitrogen and oxygen atoms in total. The van der Waals surface area contributed by atoms with Crippen LogP contribution in [-0.2, 0) is 11.0 Å². The average Bonchev–Trinajstić information content (AvgIpc) is 2.96. The fourth-order valence-corrected chi connectivity index (χ4v) is 5.17. The lowest BCUT2D eigenvalue weighted by atomic mass is 9.95. The minimum atomic E-state index is -4.66. The Bertz CT molecular complexity index is 1530. The van der Waals surface area contributed by atoms with Crippen molar-refractivity contribution in [3.63, 3.8) is 0 Å². The molecule has 0 bridgehead atoms. The normalized spacial score (nSPS) is 17.0. The molecular formula is C29H25F4N5O3. The average molecular weight is 568 g/mol. The monoisotopic (exact) mass is 567 g/mol. The van der Waals surface area contributed by atoms with Crippen LogP contribution in [0, 0.1) is 17.1 Å². The summed E-state index contributed by atoms with van der Waals surface area (Å²) in [6.07, 6.45) is -5.11. The van der Waals surface area contributed by atoms with Crippen molar-refractivity contribution in [2.24, 2.45) is 4.99 Å². The first-order valence-electron chi connectivity index (χ1n) is 12.7. The lowest BCUT2D eigenvalue weighted by molar-refractivity contribution is -0.138. The molecule has 1 N–H and O–H groups in total. The maximum absolute atomic E-state index is 13.8. The van der Waals surface area contributed by atoms with Crippen molar-refractivity contribution in [2.75, 3.05) is 43.1 Å². The minimum absolute atomic E-state index is 0.0169. The molecule has 0 aliphatic carbocycles. The summed E-state index contributed by atoms with van der Waals surface area (Å²) in [6.45, 7) is 1.77. The molecule has 1 saturated heterocycles. The molecule has 3 aromatic carbocycles. The number of anilines is 2. The van der Waals surface area contributed by atoms with Crippen LogP contribution < -0.4 is 14.5 Å². The summed E-state index contributed by atoms with van der Waals surface area (Å²) in [5.74, 6) is -1.16. The number of hydrogen-bond acceptors (Lipinski definition) is 7. The van der Waals surface area contributed by atoms with Crippen molar-refractivity contribution in [1.82, 2.24) is 4.90 Å². The highest BCUT2D eigenvalue weighted by Gasteiger charge is 2.39. The van der Waals surface area contributed by atoms with Crippen molar-refractivity contribution in [1.29, 1.82) is 5.26 Å². The number of methoxy groups -OCH3 is 1. The second-order valence-corrected chi connectivity index (χ2v) is 9.62. The van der Waals surface area contributed by atoms with Gasteiger partial charge in [0, 0.05) is 37.4 Å². The molecule has 1 atom stereocenters. The molecule has 1 fully saturated rings. The van der Waals surface area contributed by atoms with E-state index in [2.05, 4.69) is 0 Å². The summed E-state index contributed by atoms with van der Waals surface area (Å²) >= 11 is 0. The lowest BCUT2D eigenvalue weighted by Gasteiger charge is -2.45. The van der Waals surface area contributed by atoms with Gasteiger partial charge in [-0.1, -0.05) is 6.07 Å². The molecule has 1 unspecified atom stereocenters. The molecule has 3 aromatic rings. The molecule has 2 aliphatic heterocycles. The topological polar surface area (TPSA) is 92.4 Å². The molecule has 41 heavy (non-hydrogen) atoms. The first kappa shape index (κ1) is 27.8. The number of carbonyl (C=O) groups is 1. The number of nitrogens with zero attached hydrogens (tertiary/aromatic N) is 5. The van der Waals surface area contributed by atoms with Gasteiger partial charge in [0.1, 0.15) is 11.6 Å². The summed E-state index contributed by atoms with van der Waals surface area (Å²) in [5.41, 5.74) is 1.05. The Morgan fingerprint density at radius 1 is 1.05 bits per heavy atom. The molecule has 0 amide bonds. The molecule has 2 aliphatic rings. The molecule has 2 heterocycles. The van der Waals surface area contributed by atoms with Gasteiger partial charge in [0.15, 0.2) is 0 Å². The van der Waals surface area contributed by atoms with Crippen LogP contribution in [0.15, 0.2) is 65.7 Å². The van der Waals surface area contributed by atoms with E-state index in [-0.39, 0.29) is 23.2 Å². The number of nitriles is 1. The zero-order valence-corrected chi connectivity index (χ0v) is 21.9. The number of carboxylic acid groups (broad SMARTS) is 1. The van der Waals surface area contributed by atoms with Gasteiger partial charge in [0.25, 0.3) is 0 Å². The van der Waals surface area contributed by atoms with E-state index in [0.29, 0.717) is 43.0 Å². The molecule has 12 heteroatoms. The number of carboxylic acids is 1. The number of benzene rings is 3. The smallest absolute Gasteiger partial charge is 0.416 e. The number of alkyl halides is 3. The van der Waals surface area contributed by atoms with Gasteiger partial charge < -0.3 is 24.5 Å². The number of aliphatic carboxylic acids is 1. The van der Waals surface area contributed by atoms with E-state index in [1.54, 1.807) is 24.3 Å². The van der Waals surface area contributed by atoms with Gasteiger partial charge in [0.05, 0.1) is 48.1 Å². The van der Waals surface area contributed by atoms with E-state index in [4.69, 9.17) is 9.73 Å². The number of halogens is 4. The van der Waals surface area contributed by atoms with Crippen molar-refractivity contribution in [3.8, 4) is 11.8 Å². The molecule has 5 rings (SSSR count). The highest BCUT2D eigenvalue weighted by molar-refractivity contribution is 6.02. The van der Waals surface area contributed by atoms with Crippen LogP contribution in [0.25, 0.3) is 0 Å². The Kier molecular flexibility index (Phi) is 7.45. The second-order valence-electron chi connectivity index (χ2n) is 9.62. The highest BCUT2D eigenvalue weighted by Crippen LogP contribution is 2.45. The summed E-state index contributed by atoms with van der Waals surface area (Å²) in [6, 6.07) is 14.9. The summed E-state index contributed by atoms with van der Waals surface area (Å²) in [7, 11) is 1.33. The van der Waals surface area contributed by atoms with Crippen LogP contribution >= 0.6 is 0 Å². The zero-order chi connectivity index (χ0) is 29.3. The molecule has 0 aromatic heterocycles. The standard InChI is InChI=1S/C29H25F4N5O3/c1-41-26-9-3-19(29(31,32)33)15-25(26)38-24(16-27(39)40)22-8-2-18(17-34)14-23(22)35-28(38)37-12-10-36(11-13-37)21-6-4-20(30)5-7-21/h2-9,14-15,24H,10-13,16H2,1H3,(H,39,40). The van der Waals surface area contributed by atoms with Crippen LogP contribution in [0.4, 0.5) is 34.6 Å². The molecule has 0 saturated carbocycles. The summed E-state index contributed by atoms with van der Waals surface area (Å²) < 4.78 is 60.4. The van der Waals surface area contributed by atoms with Gasteiger partial charge in [-0.15, -0.1) is 0 Å². The third-order valence-corrected chi connectivity index (χ3v) is 7.15. The third-order valence-electron chi connectivity index (χ3n) is 7.15. The number of fused-ring (bicyclic) bond motifs is 1. The maximum Gasteiger partial charge on any atom is 0.416 e. The van der Waals surface area contributed by atoms with Gasteiger partial charge in [-0.3, -0.25) is 4.79 Å². The zero-order valence-electron chi connectivity index (χ0n) is 21.9. The van der Waals surface area contributed by atoms with Crippen LogP contribution in [0.3, 0.4) is 0 Å². The van der Waals surface area contributed by atoms with Crippen LogP contribution in [0.1, 0.15) is 29.2 Å². The first-order chi connectivity index (χ1) is 19.6. The van der Waals surface area contributed by atoms with E-state index in [9.17, 15) is 32.7 Å². The number of guanidine groups is 1. The van der Waals surface area contributed by atoms with Gasteiger partial charge >= 0.3 is 12.1 Å². The summed E-state index contributed by atoms with van der Waals surface area (Å²) in [4.78, 5) is 22.3. The van der Waals surface area contributed by atoms with Crippen LogP contribution in [0.2, 0.25) is 0 Å². The largest absolute Gasteiger partial charge is 0.495 e. The number of hydrogen-bond donors (Lipinski definition) is 1. The van der Waals surface area contributed by atoms with Crippen molar-refractivity contribution >= 4 is 29.0 Å². The van der Waals surface area contributed by atoms with E-state index in [1.165, 1.54) is 36.3 Å². The predicted octanol–water partition coefficient (Wildman–Crippen LogP) is 5.57. The molecular weight excluding hydrogens is 542 g/mol. The Morgan fingerprint density at radius 2 is 1.73 bits per heavy atom. The van der Waals surface area contributed by atoms with Crippen LogP contribution in [-0.4, -0.2) is 55.2 Å². The van der Waals surface area contributed by atoms with Gasteiger partial charge in [-0.2, -0.15) is 18.4 Å². The number of rotatable bonds is 5. The SMILES string of the molecule is COc1ccc(C(F)(F)F)cc1N1C(N2CCN(c3ccc(F)cc3)CC2)=Nc2cc(C#N)ccc2C1CC(=O)O. The molecule has 212 valence electrons. The quantitative estimate of drug-likeness (QED) is 0.403. The third kappa shape index (κ3) is 5.61. The van der Waals surface area contributed by atoms with E-state index < -0.39 is 30.2 Å². The van der Waals surface area contributed by atoms with E-state index >= 15 is 0 Å². The number of piperazine rings is 1. The fourth-order valence-electron chi connectivity index (χ4n) is 5.17. The number of ether oxygens (including phenoxy) is 1. The fraction of sp³-hybridized carbons (Fsp3) is 0.276. The second kappa shape index (κ2) is 11.0. The van der Waals surface area contributed by atoms with Gasteiger partial charge in [0.2, 0.25) is 5.96 Å². The first-order valence-corrected chi connectivity index (χ1v) is 12.7. The maximum atomic E-state index is 13.8. The van der Waals surface area contributed by atoms with E-state index in [0.717, 1.165) is 17.8 Å². The lowest BCUT2D eigenvalue weighted by Crippen LogP contribution is -2.55. The van der Waals surface area contributed by atoms with Crippen molar-refractivity contribution in [3.05, 3.63) is 83.2 Å². The Hall–Kier alpha value is -4.79.